The molecule has 0 aliphatic carbocycles. The van der Waals surface area contributed by atoms with E-state index in [2.05, 4.69) is 20.3 Å². The molecule has 1 aliphatic rings. The van der Waals surface area contributed by atoms with Gasteiger partial charge in [0.1, 0.15) is 24.4 Å². The van der Waals surface area contributed by atoms with Crippen molar-refractivity contribution in [3.63, 3.8) is 0 Å². The molecule has 4 N–H and O–H groups in total. The normalized spacial score (nSPS) is 22.3. The molecule has 2 aromatic heterocycles. The van der Waals surface area contributed by atoms with E-state index < -0.39 is 54.6 Å². The van der Waals surface area contributed by atoms with E-state index in [9.17, 15) is 34.5 Å². The number of anilines is 1. The number of aliphatic hydroxyl groups is 2. The number of nitrogens with one attached hydrogen (secondary N) is 2. The highest BCUT2D eigenvalue weighted by atomic mass is 31.2. The summed E-state index contributed by atoms with van der Waals surface area (Å²) in [4.78, 5) is 46.1. The lowest BCUT2D eigenvalue weighted by atomic mass is 10.1. The lowest BCUT2D eigenvalue weighted by Crippen LogP contribution is -2.33. The molecule has 2 unspecified atom stereocenters. The molecule has 1 amide bonds. The van der Waals surface area contributed by atoms with Crippen LogP contribution in [0.5, 0.6) is 0 Å². The zero-order valence-electron chi connectivity index (χ0n) is 20.4. The van der Waals surface area contributed by atoms with Gasteiger partial charge in [-0.3, -0.25) is 34.3 Å². The number of amides is 1. The number of aromatic nitrogens is 4. The minimum atomic E-state index is -2.88. The van der Waals surface area contributed by atoms with E-state index in [1.165, 1.54) is 49.3 Å². The maximum atomic E-state index is 12.6. The smallest absolute Gasteiger partial charge is 0.414 e. The first kappa shape index (κ1) is 27.3. The highest BCUT2D eigenvalue weighted by molar-refractivity contribution is 7.57. The number of para-hydroxylation sites is 1. The summed E-state index contributed by atoms with van der Waals surface area (Å²) in [6, 6.07) is 5.76. The number of hydrogen-bond donors (Lipinski definition) is 4. The second-order valence-electron chi connectivity index (χ2n) is 8.82. The number of ether oxygens (including phenoxy) is 2. The minimum absolute atomic E-state index is 0.0923. The average Bonchev–Trinajstić information content (AvgIpc) is 3.38. The molecule has 1 aliphatic heterocycles. The van der Waals surface area contributed by atoms with Crippen molar-refractivity contribution in [3.8, 4) is 0 Å². The van der Waals surface area contributed by atoms with Crippen molar-refractivity contribution in [1.82, 2.24) is 19.5 Å². The first-order chi connectivity index (χ1) is 17.9. The number of hydrogen-bond acceptors (Lipinski definition) is 12. The molecule has 0 radical (unpaired) electrons. The number of H-pyrrole nitrogens is 1. The van der Waals surface area contributed by atoms with Gasteiger partial charge in [0.15, 0.2) is 24.8 Å². The van der Waals surface area contributed by atoms with Gasteiger partial charge in [-0.25, -0.2) is 9.78 Å². The monoisotopic (exact) mass is 552 g/mol. The Balaban J connectivity index is 1.53. The Morgan fingerprint density at radius 3 is 2.74 bits per heavy atom. The summed E-state index contributed by atoms with van der Waals surface area (Å²) in [6.07, 6.45) is -6.04. The molecule has 5 atom stereocenters. The van der Waals surface area contributed by atoms with Crippen LogP contribution in [0.3, 0.4) is 0 Å². The van der Waals surface area contributed by atoms with E-state index in [-0.39, 0.29) is 35.0 Å². The quantitative estimate of drug-likeness (QED) is 0.177. The summed E-state index contributed by atoms with van der Waals surface area (Å²) < 4.78 is 29.2. The number of carbonyl (C=O) groups excluding carboxylic acids is 1. The molecule has 17 heteroatoms. The van der Waals surface area contributed by atoms with Gasteiger partial charge in [0.05, 0.1) is 23.4 Å². The van der Waals surface area contributed by atoms with Crippen LogP contribution in [0.15, 0.2) is 35.4 Å². The van der Waals surface area contributed by atoms with Gasteiger partial charge in [0.2, 0.25) is 5.95 Å². The molecule has 0 saturated carbocycles. The van der Waals surface area contributed by atoms with E-state index in [4.69, 9.17) is 14.0 Å². The van der Waals surface area contributed by atoms with Crippen molar-refractivity contribution in [2.24, 2.45) is 0 Å². The summed E-state index contributed by atoms with van der Waals surface area (Å²) in [5.41, 5.74) is -1.04. The summed E-state index contributed by atoms with van der Waals surface area (Å²) >= 11 is 0. The summed E-state index contributed by atoms with van der Waals surface area (Å²) in [7, 11) is -2.88. The Labute approximate surface area is 214 Å². The number of fused-ring (bicyclic) bond motifs is 1. The van der Waals surface area contributed by atoms with Gasteiger partial charge in [0.25, 0.3) is 11.2 Å². The van der Waals surface area contributed by atoms with Crippen molar-refractivity contribution < 1.29 is 38.5 Å². The molecule has 3 aromatic rings. The average molecular weight is 552 g/mol. The molecule has 1 aromatic carbocycles. The number of aromatic amines is 1. The number of benzene rings is 1. The van der Waals surface area contributed by atoms with Gasteiger partial charge in [-0.15, -0.1) is 0 Å². The third-order valence-corrected chi connectivity index (χ3v) is 6.44. The number of imidazole rings is 1. The lowest BCUT2D eigenvalue weighted by molar-refractivity contribution is -0.386. The first-order valence-electron chi connectivity index (χ1n) is 11.2. The molecule has 0 bridgehead atoms. The fourth-order valence-electron chi connectivity index (χ4n) is 3.87. The third kappa shape index (κ3) is 5.74. The standard InChI is InChI=1S/C21H25N6O10P/c1-10(11-6-4-5-7-12(11)27(32)33)36-21(31)25-20-23-17-14(18(30)24-20)22-9-26(17)19-16(29)15(28)13(37-19)8-35-38(2,3)34/h4-7,9-10,13,15-16,19,28-29H,8H2,1-3H3,(H2,23,24,25,30,31)/t10?,13-,15+,16?,19-/m1/s1. The van der Waals surface area contributed by atoms with Crippen LogP contribution in [0.4, 0.5) is 16.4 Å². The van der Waals surface area contributed by atoms with E-state index in [1.54, 1.807) is 6.07 Å². The van der Waals surface area contributed by atoms with Crippen LogP contribution in [0.1, 0.15) is 24.8 Å². The Bertz CT molecular complexity index is 1470. The predicted molar refractivity (Wildman–Crippen MR) is 131 cm³/mol. The van der Waals surface area contributed by atoms with E-state index in [1.807, 2.05) is 0 Å². The van der Waals surface area contributed by atoms with Crippen LogP contribution in [0.25, 0.3) is 11.2 Å². The second kappa shape index (κ2) is 10.6. The zero-order valence-corrected chi connectivity index (χ0v) is 21.3. The Morgan fingerprint density at radius 1 is 1.34 bits per heavy atom. The van der Waals surface area contributed by atoms with Crippen molar-refractivity contribution in [2.45, 2.75) is 37.6 Å². The fourth-order valence-corrected chi connectivity index (χ4v) is 4.37. The van der Waals surface area contributed by atoms with Gasteiger partial charge in [-0.05, 0) is 13.0 Å². The fraction of sp³-hybridized carbons (Fsp3) is 0.429. The van der Waals surface area contributed by atoms with Crippen LogP contribution in [0.2, 0.25) is 0 Å². The van der Waals surface area contributed by atoms with Crippen molar-refractivity contribution in [1.29, 1.82) is 0 Å². The number of aliphatic hydroxyl groups excluding tert-OH is 2. The summed E-state index contributed by atoms with van der Waals surface area (Å²) in [6.45, 7) is 3.97. The van der Waals surface area contributed by atoms with E-state index >= 15 is 0 Å². The van der Waals surface area contributed by atoms with Crippen molar-refractivity contribution in [3.05, 3.63) is 56.6 Å². The predicted octanol–water partition coefficient (Wildman–Crippen LogP) is 1.51. The summed E-state index contributed by atoms with van der Waals surface area (Å²) in [5.74, 6) is -0.338. The maximum absolute atomic E-state index is 12.6. The topological polar surface area (TPSA) is 221 Å². The van der Waals surface area contributed by atoms with Crippen LogP contribution in [-0.2, 0) is 18.6 Å². The van der Waals surface area contributed by atoms with Gasteiger partial charge in [-0.1, -0.05) is 12.1 Å². The molecule has 16 nitrogen and oxygen atoms in total. The highest BCUT2D eigenvalue weighted by Crippen LogP contribution is 2.39. The van der Waals surface area contributed by atoms with Gasteiger partial charge in [0, 0.05) is 19.4 Å². The van der Waals surface area contributed by atoms with E-state index in [0.717, 1.165) is 0 Å². The SMILES string of the molecule is CC(OC(=O)Nc1nc2c(ncn2[C@@H]2O[C@H](COP(C)(C)=O)[C@H](O)C2O)c(=O)[nH]1)c1ccccc1[N+](=O)[O-]. The van der Waals surface area contributed by atoms with Crippen LogP contribution < -0.4 is 10.9 Å². The molecule has 1 fully saturated rings. The van der Waals surface area contributed by atoms with Crippen LogP contribution >= 0.6 is 7.37 Å². The molecule has 3 heterocycles. The Hall–Kier alpha value is -3.69. The second-order valence-corrected chi connectivity index (χ2v) is 11.6. The molecule has 38 heavy (non-hydrogen) atoms. The maximum Gasteiger partial charge on any atom is 0.414 e. The lowest BCUT2D eigenvalue weighted by Gasteiger charge is -2.17. The number of nitro groups is 1. The van der Waals surface area contributed by atoms with Gasteiger partial charge >= 0.3 is 6.09 Å². The first-order valence-corrected chi connectivity index (χ1v) is 13.8. The minimum Gasteiger partial charge on any atom is -0.441 e. The van der Waals surface area contributed by atoms with Crippen molar-refractivity contribution >= 4 is 36.3 Å². The number of nitrogens with zero attached hydrogens (tertiary/aromatic N) is 4. The third-order valence-electron chi connectivity index (χ3n) is 5.67. The molecule has 0 spiro atoms. The van der Waals surface area contributed by atoms with Crippen LogP contribution in [0, 0.1) is 10.1 Å². The molecular weight excluding hydrogens is 527 g/mol. The van der Waals surface area contributed by atoms with Gasteiger partial charge in [-0.2, -0.15) is 4.98 Å². The number of carbonyl (C=O) groups is 1. The van der Waals surface area contributed by atoms with Gasteiger partial charge < -0.3 is 24.2 Å². The molecule has 204 valence electrons. The Morgan fingerprint density at radius 2 is 2.05 bits per heavy atom. The largest absolute Gasteiger partial charge is 0.441 e. The molecule has 1 saturated heterocycles. The number of nitro benzene ring substituents is 1. The highest BCUT2D eigenvalue weighted by Gasteiger charge is 2.45. The zero-order chi connectivity index (χ0) is 27.8. The molecular formula is C21H25N6O10P. The molecule has 4 rings (SSSR count). The summed E-state index contributed by atoms with van der Waals surface area (Å²) in [5, 5.41) is 34.4. The van der Waals surface area contributed by atoms with Crippen molar-refractivity contribution in [2.75, 3.05) is 25.3 Å². The number of rotatable bonds is 8. The Kier molecular flexibility index (Phi) is 7.62. The van der Waals surface area contributed by atoms with E-state index in [0.29, 0.717) is 0 Å². The van der Waals surface area contributed by atoms with Crippen LogP contribution in [-0.4, -0.2) is 79.0 Å².